The summed E-state index contributed by atoms with van der Waals surface area (Å²) in [5.74, 6) is 0.133. The first-order valence-electron chi connectivity index (χ1n) is 12.1. The van der Waals surface area contributed by atoms with Crippen LogP contribution >= 0.6 is 0 Å². The van der Waals surface area contributed by atoms with Crippen LogP contribution in [0.15, 0.2) is 71.8 Å². The highest BCUT2D eigenvalue weighted by atomic mass is 16.1. The van der Waals surface area contributed by atoms with Crippen LogP contribution in [0.2, 0.25) is 0 Å². The summed E-state index contributed by atoms with van der Waals surface area (Å²) >= 11 is 0. The molecule has 2 heterocycles. The molecular formula is C30H30N4O. The molecule has 2 aromatic heterocycles. The van der Waals surface area contributed by atoms with Crippen LogP contribution in [0.5, 0.6) is 0 Å². The molecule has 5 rings (SSSR count). The fraction of sp³-hybridized carbons (Fsp3) is 0.233. The fourth-order valence-corrected chi connectivity index (χ4v) is 4.89. The fourth-order valence-electron chi connectivity index (χ4n) is 4.89. The van der Waals surface area contributed by atoms with Crippen LogP contribution in [0.4, 0.5) is 0 Å². The van der Waals surface area contributed by atoms with Gasteiger partial charge in [-0.1, -0.05) is 36.4 Å². The molecule has 0 spiro atoms. The van der Waals surface area contributed by atoms with Gasteiger partial charge in [0, 0.05) is 33.7 Å². The van der Waals surface area contributed by atoms with Crippen molar-refractivity contribution in [2.24, 2.45) is 0 Å². The molecule has 0 aliphatic heterocycles. The van der Waals surface area contributed by atoms with E-state index >= 15 is 0 Å². The van der Waals surface area contributed by atoms with Crippen molar-refractivity contribution in [3.05, 3.63) is 106 Å². The van der Waals surface area contributed by atoms with Crippen LogP contribution in [-0.2, 0) is 4.79 Å². The first-order valence-corrected chi connectivity index (χ1v) is 12.1. The zero-order valence-electron chi connectivity index (χ0n) is 20.7. The molecule has 1 aliphatic rings. The molecule has 0 saturated heterocycles. The third-order valence-corrected chi connectivity index (χ3v) is 6.81. The van der Waals surface area contributed by atoms with Crippen molar-refractivity contribution in [1.82, 2.24) is 19.6 Å². The second kappa shape index (κ2) is 9.34. The highest BCUT2D eigenvalue weighted by Gasteiger charge is 2.23. The van der Waals surface area contributed by atoms with E-state index in [9.17, 15) is 4.79 Å². The average molecular weight is 463 g/mol. The number of aryl methyl sites for hydroxylation is 2. The van der Waals surface area contributed by atoms with Crippen LogP contribution in [0.1, 0.15) is 53.2 Å². The average Bonchev–Trinajstić information content (AvgIpc) is 3.32. The van der Waals surface area contributed by atoms with Gasteiger partial charge in [-0.05, 0) is 83.4 Å². The summed E-state index contributed by atoms with van der Waals surface area (Å²) in [4.78, 5) is 13.5. The topological polar surface area (TPSA) is 52.7 Å². The van der Waals surface area contributed by atoms with Gasteiger partial charge in [0.25, 0.3) is 0 Å². The Labute approximate surface area is 206 Å². The Morgan fingerprint density at radius 2 is 1.06 bits per heavy atom. The van der Waals surface area contributed by atoms with E-state index in [2.05, 4.69) is 26.0 Å². The maximum absolute atomic E-state index is 13.5. The predicted molar refractivity (Wildman–Crippen MR) is 141 cm³/mol. The molecule has 0 N–H and O–H groups in total. The summed E-state index contributed by atoms with van der Waals surface area (Å²) in [5, 5.41) is 9.50. The Bertz CT molecular complexity index is 1340. The number of benzene rings is 2. The number of hydrogen-bond acceptors (Lipinski definition) is 3. The predicted octanol–water partition coefficient (Wildman–Crippen LogP) is 6.51. The number of hydrogen-bond donors (Lipinski definition) is 0. The Balaban J connectivity index is 1.49. The van der Waals surface area contributed by atoms with Crippen molar-refractivity contribution < 1.29 is 4.79 Å². The van der Waals surface area contributed by atoms with E-state index in [1.165, 1.54) is 0 Å². The summed E-state index contributed by atoms with van der Waals surface area (Å²) in [6, 6.07) is 20.2. The number of rotatable bonds is 4. The molecule has 0 atom stereocenters. The maximum atomic E-state index is 13.5. The lowest BCUT2D eigenvalue weighted by atomic mass is 9.86. The van der Waals surface area contributed by atoms with Crippen molar-refractivity contribution >= 4 is 17.9 Å². The molecule has 0 unspecified atom stereocenters. The van der Waals surface area contributed by atoms with Gasteiger partial charge in [-0.3, -0.25) is 4.79 Å². The van der Waals surface area contributed by atoms with Gasteiger partial charge in [0.1, 0.15) is 0 Å². The molecule has 0 bridgehead atoms. The minimum absolute atomic E-state index is 0.133. The number of nitrogens with zero attached hydrogens (tertiary/aromatic N) is 4. The van der Waals surface area contributed by atoms with Gasteiger partial charge in [0.05, 0.1) is 22.8 Å². The molecule has 176 valence electrons. The minimum Gasteiger partial charge on any atom is -0.289 e. The third-order valence-electron chi connectivity index (χ3n) is 6.81. The van der Waals surface area contributed by atoms with Gasteiger partial charge >= 0.3 is 0 Å². The number of ketones is 1. The van der Waals surface area contributed by atoms with Crippen LogP contribution in [0.25, 0.3) is 23.5 Å². The van der Waals surface area contributed by atoms with Gasteiger partial charge in [-0.2, -0.15) is 10.2 Å². The van der Waals surface area contributed by atoms with E-state index in [4.69, 9.17) is 10.2 Å². The van der Waals surface area contributed by atoms with E-state index in [-0.39, 0.29) is 5.78 Å². The molecule has 5 nitrogen and oxygen atoms in total. The Morgan fingerprint density at radius 3 is 1.46 bits per heavy atom. The molecule has 2 aromatic carbocycles. The number of carbonyl (C=O) groups is 1. The normalized spacial score (nSPS) is 16.4. The molecule has 0 amide bonds. The summed E-state index contributed by atoms with van der Waals surface area (Å²) in [6.45, 7) is 8.14. The first-order chi connectivity index (χ1) is 16.9. The largest absolute Gasteiger partial charge is 0.289 e. The SMILES string of the molecule is Cc1nn(-c2ccccc2)c(C)c1/C=C1/CCC/C(=C/c2c(C)nn(-c3ccccc3)c2C)C1=O. The van der Waals surface area contributed by atoms with E-state index in [0.29, 0.717) is 0 Å². The highest BCUT2D eigenvalue weighted by Crippen LogP contribution is 2.31. The molecule has 5 heteroatoms. The van der Waals surface area contributed by atoms with Crippen LogP contribution < -0.4 is 0 Å². The zero-order valence-corrected chi connectivity index (χ0v) is 20.7. The van der Waals surface area contributed by atoms with Gasteiger partial charge in [-0.25, -0.2) is 9.36 Å². The van der Waals surface area contributed by atoms with Gasteiger partial charge in [-0.15, -0.1) is 0 Å². The lowest BCUT2D eigenvalue weighted by Gasteiger charge is -2.17. The molecule has 0 radical (unpaired) electrons. The first kappa shape index (κ1) is 22.8. The van der Waals surface area contributed by atoms with E-state index in [1.54, 1.807) is 0 Å². The summed E-state index contributed by atoms with van der Waals surface area (Å²) < 4.78 is 3.91. The van der Waals surface area contributed by atoms with E-state index in [0.717, 1.165) is 75.7 Å². The second-order valence-electron chi connectivity index (χ2n) is 9.19. The molecule has 1 aliphatic carbocycles. The third kappa shape index (κ3) is 4.30. The Hall–Kier alpha value is -3.99. The molecule has 4 aromatic rings. The van der Waals surface area contributed by atoms with E-state index < -0.39 is 0 Å². The molecule has 1 fully saturated rings. The van der Waals surface area contributed by atoms with Crippen molar-refractivity contribution in [1.29, 1.82) is 0 Å². The second-order valence-corrected chi connectivity index (χ2v) is 9.19. The van der Waals surface area contributed by atoms with E-state index in [1.807, 2.05) is 83.9 Å². The van der Waals surface area contributed by atoms with Gasteiger partial charge < -0.3 is 0 Å². The Kier molecular flexibility index (Phi) is 6.08. The summed E-state index contributed by atoms with van der Waals surface area (Å²) in [6.07, 6.45) is 6.64. The van der Waals surface area contributed by atoms with Gasteiger partial charge in [0.15, 0.2) is 5.78 Å². The lowest BCUT2D eigenvalue weighted by Crippen LogP contribution is -2.12. The van der Waals surface area contributed by atoms with Crippen molar-refractivity contribution in [2.75, 3.05) is 0 Å². The number of para-hydroxylation sites is 2. The molecular weight excluding hydrogens is 432 g/mol. The molecule has 1 saturated carbocycles. The van der Waals surface area contributed by atoms with Crippen LogP contribution in [-0.4, -0.2) is 25.3 Å². The highest BCUT2D eigenvalue weighted by molar-refractivity contribution is 6.14. The zero-order chi connectivity index (χ0) is 24.5. The summed E-state index contributed by atoms with van der Waals surface area (Å²) in [7, 11) is 0. The van der Waals surface area contributed by atoms with Crippen LogP contribution in [0.3, 0.4) is 0 Å². The smallest absolute Gasteiger partial charge is 0.185 e. The summed E-state index contributed by atoms with van der Waals surface area (Å²) in [5.41, 5.74) is 9.76. The number of aromatic nitrogens is 4. The number of carbonyl (C=O) groups excluding carboxylic acids is 1. The standard InChI is InChI=1S/C30H30N4O/c1-20-28(22(3)33(31-20)26-14-7-5-8-15-26)18-24-12-11-13-25(30(24)35)19-29-21(2)32-34(23(29)4)27-16-9-6-10-17-27/h5-10,14-19H,11-13H2,1-4H3/b24-18-,25-19-. The monoisotopic (exact) mass is 462 g/mol. The van der Waals surface area contributed by atoms with Crippen molar-refractivity contribution in [3.63, 3.8) is 0 Å². The van der Waals surface area contributed by atoms with Gasteiger partial charge in [0.2, 0.25) is 0 Å². The molecule has 35 heavy (non-hydrogen) atoms. The number of Topliss-reactive ketones (excluding diaryl/α,β-unsaturated/α-hetero) is 1. The quantitative estimate of drug-likeness (QED) is 0.325. The minimum atomic E-state index is 0.133. The van der Waals surface area contributed by atoms with Crippen molar-refractivity contribution in [2.45, 2.75) is 47.0 Å². The van der Waals surface area contributed by atoms with Crippen molar-refractivity contribution in [3.8, 4) is 11.4 Å². The lowest BCUT2D eigenvalue weighted by molar-refractivity contribution is -0.112. The van der Waals surface area contributed by atoms with Crippen LogP contribution in [0, 0.1) is 27.7 Å². The number of allylic oxidation sites excluding steroid dienone is 2. The Morgan fingerprint density at radius 1 is 0.657 bits per heavy atom. The maximum Gasteiger partial charge on any atom is 0.185 e.